The number of ether oxygens (including phenoxy) is 1. The lowest BCUT2D eigenvalue weighted by molar-refractivity contribution is -0.385. The molecule has 0 spiro atoms. The van der Waals surface area contributed by atoms with Gasteiger partial charge in [-0.15, -0.1) is 0 Å². The number of nitro groups is 1. The molecule has 0 radical (unpaired) electrons. The van der Waals surface area contributed by atoms with Gasteiger partial charge in [0.15, 0.2) is 0 Å². The van der Waals surface area contributed by atoms with Gasteiger partial charge in [0.05, 0.1) is 9.95 Å². The van der Waals surface area contributed by atoms with Crippen LogP contribution in [0.15, 0.2) is 24.3 Å². The number of nitrogens with one attached hydrogen (secondary N) is 1. The smallest absolute Gasteiger partial charge is 0.313 e. The quantitative estimate of drug-likeness (QED) is 0.670. The molecule has 1 aromatic carbocycles. The monoisotopic (exact) mass is 308 g/mol. The minimum Gasteiger partial charge on any atom is -0.430 e. The fourth-order valence-electron chi connectivity index (χ4n) is 1.71. The van der Waals surface area contributed by atoms with Crippen LogP contribution in [0.4, 0.5) is 11.5 Å². The maximum atomic E-state index is 11.0. The summed E-state index contributed by atoms with van der Waals surface area (Å²) in [4.78, 5) is 18.7. The number of rotatable bonds is 5. The van der Waals surface area contributed by atoms with E-state index in [4.69, 9.17) is 16.3 Å². The molecule has 21 heavy (non-hydrogen) atoms. The summed E-state index contributed by atoms with van der Waals surface area (Å²) >= 11 is 5.98. The number of halogens is 1. The van der Waals surface area contributed by atoms with Gasteiger partial charge in [-0.05, 0) is 19.9 Å². The third kappa shape index (κ3) is 3.57. The third-order valence-electron chi connectivity index (χ3n) is 2.52. The maximum absolute atomic E-state index is 11.0. The van der Waals surface area contributed by atoms with Gasteiger partial charge in [-0.2, -0.15) is 4.98 Å². The molecule has 0 saturated carbocycles. The lowest BCUT2D eigenvalue weighted by Crippen LogP contribution is -2.03. The van der Waals surface area contributed by atoms with E-state index in [9.17, 15) is 10.1 Å². The molecule has 2 rings (SSSR count). The molecular weight excluding hydrogens is 296 g/mol. The van der Waals surface area contributed by atoms with Crippen molar-refractivity contribution in [3.8, 4) is 11.6 Å². The van der Waals surface area contributed by atoms with E-state index in [0.717, 1.165) is 0 Å². The second kappa shape index (κ2) is 6.36. The van der Waals surface area contributed by atoms with Crippen LogP contribution in [0.5, 0.6) is 11.6 Å². The van der Waals surface area contributed by atoms with E-state index < -0.39 is 4.92 Å². The fourth-order valence-corrected chi connectivity index (χ4v) is 1.92. The molecule has 8 heteroatoms. The zero-order chi connectivity index (χ0) is 15.4. The van der Waals surface area contributed by atoms with Gasteiger partial charge in [0.25, 0.3) is 0 Å². The van der Waals surface area contributed by atoms with Gasteiger partial charge in [0.2, 0.25) is 11.6 Å². The number of anilines is 1. The first kappa shape index (κ1) is 15.0. The van der Waals surface area contributed by atoms with Gasteiger partial charge in [-0.1, -0.05) is 17.7 Å². The first-order chi connectivity index (χ1) is 10.0. The number of aromatic nitrogens is 2. The Kier molecular flexibility index (Phi) is 4.54. The summed E-state index contributed by atoms with van der Waals surface area (Å²) in [5, 5.41) is 14.2. The molecule has 7 nitrogen and oxygen atoms in total. The van der Waals surface area contributed by atoms with E-state index in [2.05, 4.69) is 15.3 Å². The molecule has 110 valence electrons. The van der Waals surface area contributed by atoms with E-state index in [-0.39, 0.29) is 22.3 Å². The van der Waals surface area contributed by atoms with Gasteiger partial charge >= 0.3 is 5.69 Å². The molecular formula is C13H13ClN4O3. The van der Waals surface area contributed by atoms with Crippen molar-refractivity contribution in [1.82, 2.24) is 9.97 Å². The number of nitrogens with zero attached hydrogens (tertiary/aromatic N) is 3. The predicted octanol–water partition coefficient (Wildman–Crippen LogP) is 3.57. The van der Waals surface area contributed by atoms with Gasteiger partial charge in [0.1, 0.15) is 11.6 Å². The Morgan fingerprint density at radius 2 is 2.19 bits per heavy atom. The standard InChI is InChI=1S/C13H13ClN4O3/c1-3-15-11-7-12(17-8(2)16-11)21-13-9(14)5-4-6-10(13)18(19)20/h4-7H,3H2,1-2H3,(H,15,16,17). The van der Waals surface area contributed by atoms with Crippen molar-refractivity contribution in [3.63, 3.8) is 0 Å². The molecule has 0 aliphatic carbocycles. The highest BCUT2D eigenvalue weighted by Crippen LogP contribution is 2.37. The predicted molar refractivity (Wildman–Crippen MR) is 79.1 cm³/mol. The lowest BCUT2D eigenvalue weighted by Gasteiger charge is -2.09. The normalized spacial score (nSPS) is 10.2. The Morgan fingerprint density at radius 1 is 1.43 bits per heavy atom. The third-order valence-corrected chi connectivity index (χ3v) is 2.82. The van der Waals surface area contributed by atoms with Crippen LogP contribution in [0.1, 0.15) is 12.7 Å². The molecule has 1 N–H and O–H groups in total. The van der Waals surface area contributed by atoms with E-state index in [0.29, 0.717) is 18.2 Å². The minimum absolute atomic E-state index is 0.0373. The number of aryl methyl sites for hydroxylation is 1. The van der Waals surface area contributed by atoms with Crippen LogP contribution in [0.25, 0.3) is 0 Å². The number of nitro benzene ring substituents is 1. The van der Waals surface area contributed by atoms with Crippen LogP contribution in [0, 0.1) is 17.0 Å². The summed E-state index contributed by atoms with van der Waals surface area (Å²) in [7, 11) is 0. The van der Waals surface area contributed by atoms with Crippen LogP contribution < -0.4 is 10.1 Å². The van der Waals surface area contributed by atoms with Crippen molar-refractivity contribution in [2.45, 2.75) is 13.8 Å². The topological polar surface area (TPSA) is 90.2 Å². The van der Waals surface area contributed by atoms with Crippen molar-refractivity contribution in [1.29, 1.82) is 0 Å². The van der Waals surface area contributed by atoms with Crippen molar-refractivity contribution in [2.75, 3.05) is 11.9 Å². The lowest BCUT2D eigenvalue weighted by atomic mass is 10.3. The van der Waals surface area contributed by atoms with Crippen molar-refractivity contribution < 1.29 is 9.66 Å². The highest BCUT2D eigenvalue weighted by atomic mass is 35.5. The Hall–Kier alpha value is -2.41. The van der Waals surface area contributed by atoms with Crippen molar-refractivity contribution >= 4 is 23.1 Å². The summed E-state index contributed by atoms with van der Waals surface area (Å²) < 4.78 is 5.50. The van der Waals surface area contributed by atoms with Crippen LogP contribution in [-0.4, -0.2) is 21.4 Å². The SMILES string of the molecule is CCNc1cc(Oc2c(Cl)cccc2[N+](=O)[O-])nc(C)n1. The Balaban J connectivity index is 2.40. The van der Waals surface area contributed by atoms with E-state index in [1.807, 2.05) is 6.92 Å². The molecule has 1 heterocycles. The van der Waals surface area contributed by atoms with Gasteiger partial charge in [-0.3, -0.25) is 10.1 Å². The largest absolute Gasteiger partial charge is 0.430 e. The van der Waals surface area contributed by atoms with E-state index in [1.54, 1.807) is 13.0 Å². The first-order valence-corrected chi connectivity index (χ1v) is 6.59. The maximum Gasteiger partial charge on any atom is 0.313 e. The molecule has 0 unspecified atom stereocenters. The Bertz CT molecular complexity index is 678. The second-order valence-electron chi connectivity index (χ2n) is 4.12. The van der Waals surface area contributed by atoms with Gasteiger partial charge in [0, 0.05) is 18.7 Å². The zero-order valence-electron chi connectivity index (χ0n) is 11.5. The summed E-state index contributed by atoms with van der Waals surface area (Å²) in [6.07, 6.45) is 0. The highest BCUT2D eigenvalue weighted by Gasteiger charge is 2.19. The number of benzene rings is 1. The van der Waals surface area contributed by atoms with E-state index in [1.165, 1.54) is 18.2 Å². The average Bonchev–Trinajstić information content (AvgIpc) is 2.40. The highest BCUT2D eigenvalue weighted by molar-refractivity contribution is 6.32. The number of para-hydroxylation sites is 1. The molecule has 1 aromatic heterocycles. The Labute approximate surface area is 126 Å². The molecule has 0 saturated heterocycles. The number of hydrogen-bond donors (Lipinski definition) is 1. The van der Waals surface area contributed by atoms with Crippen LogP contribution >= 0.6 is 11.6 Å². The summed E-state index contributed by atoms with van der Waals surface area (Å²) in [6, 6.07) is 5.88. The molecule has 2 aromatic rings. The second-order valence-corrected chi connectivity index (χ2v) is 4.52. The summed E-state index contributed by atoms with van der Waals surface area (Å²) in [5.41, 5.74) is -0.219. The molecule has 0 aliphatic rings. The van der Waals surface area contributed by atoms with Gasteiger partial charge in [-0.25, -0.2) is 4.98 Å². The summed E-state index contributed by atoms with van der Waals surface area (Å²) in [6.45, 7) is 4.31. The van der Waals surface area contributed by atoms with Crippen molar-refractivity contribution in [3.05, 3.63) is 45.2 Å². The minimum atomic E-state index is -0.555. The molecule has 0 fully saturated rings. The van der Waals surface area contributed by atoms with Crippen LogP contribution in [0.3, 0.4) is 0 Å². The van der Waals surface area contributed by atoms with Crippen LogP contribution in [0.2, 0.25) is 5.02 Å². The molecule has 0 atom stereocenters. The summed E-state index contributed by atoms with van der Waals surface area (Å²) in [5.74, 6) is 1.22. The average molecular weight is 309 g/mol. The molecule has 0 bridgehead atoms. The zero-order valence-corrected chi connectivity index (χ0v) is 12.2. The van der Waals surface area contributed by atoms with E-state index >= 15 is 0 Å². The fraction of sp³-hybridized carbons (Fsp3) is 0.231. The van der Waals surface area contributed by atoms with Crippen molar-refractivity contribution in [2.24, 2.45) is 0 Å². The van der Waals surface area contributed by atoms with Crippen LogP contribution in [-0.2, 0) is 0 Å². The number of hydrogen-bond acceptors (Lipinski definition) is 6. The molecule has 0 aliphatic heterocycles. The Morgan fingerprint density at radius 3 is 2.86 bits per heavy atom. The molecule has 0 amide bonds. The van der Waals surface area contributed by atoms with Gasteiger partial charge < -0.3 is 10.1 Å². The first-order valence-electron chi connectivity index (χ1n) is 6.21.